The van der Waals surface area contributed by atoms with Gasteiger partial charge in [0.2, 0.25) is 5.90 Å². The number of oxime groups is 1. The Balaban J connectivity index is 3.33. The molecular weight excluding hydrogens is 118 g/mol. The lowest BCUT2D eigenvalue weighted by Crippen LogP contribution is -1.99. The molecule has 0 saturated heterocycles. The molecule has 0 bridgehead atoms. The van der Waals surface area contributed by atoms with E-state index in [-0.39, 0.29) is 0 Å². The lowest BCUT2D eigenvalue weighted by Gasteiger charge is -1.98. The highest BCUT2D eigenvalue weighted by atomic mass is 16.5. The molecule has 0 unspecified atom stereocenters. The van der Waals surface area contributed by atoms with Gasteiger partial charge < -0.3 is 9.94 Å². The van der Waals surface area contributed by atoms with Crippen LogP contribution in [0.1, 0.15) is 26.2 Å². The summed E-state index contributed by atoms with van der Waals surface area (Å²) >= 11 is 0. The summed E-state index contributed by atoms with van der Waals surface area (Å²) in [6, 6.07) is 0. The molecule has 54 valence electrons. The van der Waals surface area contributed by atoms with Gasteiger partial charge in [0.25, 0.3) is 0 Å². The second-order valence-electron chi connectivity index (χ2n) is 1.80. The average Bonchev–Trinajstić information content (AvgIpc) is 1.91. The van der Waals surface area contributed by atoms with E-state index in [0.717, 1.165) is 19.3 Å². The highest BCUT2D eigenvalue weighted by Crippen LogP contribution is 1.96. The molecule has 0 rings (SSSR count). The summed E-state index contributed by atoms with van der Waals surface area (Å²) < 4.78 is 4.70. The Morgan fingerprint density at radius 1 is 1.67 bits per heavy atom. The molecular formula is C6H13NO2. The maximum atomic E-state index is 8.22. The number of rotatable bonds is 3. The van der Waals surface area contributed by atoms with Gasteiger partial charge in [0.05, 0.1) is 7.11 Å². The standard InChI is InChI=1S/C6H13NO2/c1-3-4-5-6(7-8)9-2/h8H,3-5H2,1-2H3. The molecule has 0 heterocycles. The van der Waals surface area contributed by atoms with E-state index in [1.54, 1.807) is 0 Å². The molecule has 3 nitrogen and oxygen atoms in total. The Labute approximate surface area is 55.3 Å². The van der Waals surface area contributed by atoms with Crippen LogP contribution in [0, 0.1) is 0 Å². The fourth-order valence-corrected chi connectivity index (χ4v) is 0.521. The van der Waals surface area contributed by atoms with Crippen LogP contribution in [0.25, 0.3) is 0 Å². The van der Waals surface area contributed by atoms with Gasteiger partial charge in [-0.3, -0.25) is 0 Å². The fourth-order valence-electron chi connectivity index (χ4n) is 0.521. The highest BCUT2D eigenvalue weighted by molar-refractivity contribution is 5.75. The van der Waals surface area contributed by atoms with Crippen molar-refractivity contribution in [2.45, 2.75) is 26.2 Å². The third-order valence-corrected chi connectivity index (χ3v) is 1.09. The Morgan fingerprint density at radius 2 is 2.33 bits per heavy atom. The highest BCUT2D eigenvalue weighted by Gasteiger charge is 1.94. The minimum Gasteiger partial charge on any atom is -0.482 e. The first-order valence-corrected chi connectivity index (χ1v) is 3.10. The first-order valence-electron chi connectivity index (χ1n) is 3.10. The Hall–Kier alpha value is -0.730. The zero-order valence-electron chi connectivity index (χ0n) is 5.92. The van der Waals surface area contributed by atoms with Gasteiger partial charge in [0.1, 0.15) is 0 Å². The summed E-state index contributed by atoms with van der Waals surface area (Å²) in [4.78, 5) is 0. The van der Waals surface area contributed by atoms with E-state index < -0.39 is 0 Å². The number of unbranched alkanes of at least 4 members (excludes halogenated alkanes) is 1. The predicted molar refractivity (Wildman–Crippen MR) is 35.8 cm³/mol. The van der Waals surface area contributed by atoms with Crippen LogP contribution >= 0.6 is 0 Å². The van der Waals surface area contributed by atoms with Crippen LogP contribution in [-0.2, 0) is 4.74 Å². The normalized spacial score (nSPS) is 11.6. The fraction of sp³-hybridized carbons (Fsp3) is 0.833. The smallest absolute Gasteiger partial charge is 0.225 e. The molecule has 1 N–H and O–H groups in total. The van der Waals surface area contributed by atoms with Crippen molar-refractivity contribution >= 4 is 5.90 Å². The second-order valence-corrected chi connectivity index (χ2v) is 1.80. The monoisotopic (exact) mass is 131 g/mol. The van der Waals surface area contributed by atoms with Crippen LogP contribution < -0.4 is 0 Å². The molecule has 0 saturated carbocycles. The molecule has 0 aromatic rings. The third-order valence-electron chi connectivity index (χ3n) is 1.09. The van der Waals surface area contributed by atoms with Gasteiger partial charge in [0, 0.05) is 6.42 Å². The summed E-state index contributed by atoms with van der Waals surface area (Å²) in [6.45, 7) is 2.07. The molecule has 0 aromatic heterocycles. The maximum absolute atomic E-state index is 8.22. The van der Waals surface area contributed by atoms with Crippen LogP contribution in [-0.4, -0.2) is 18.2 Å². The number of hydrogen-bond acceptors (Lipinski definition) is 3. The molecule has 0 spiro atoms. The number of ether oxygens (including phenoxy) is 1. The van der Waals surface area contributed by atoms with Gasteiger partial charge in [-0.1, -0.05) is 18.5 Å². The van der Waals surface area contributed by atoms with Crippen LogP contribution in [0.5, 0.6) is 0 Å². The third kappa shape index (κ3) is 3.82. The van der Waals surface area contributed by atoms with Crippen molar-refractivity contribution < 1.29 is 9.94 Å². The van der Waals surface area contributed by atoms with Gasteiger partial charge >= 0.3 is 0 Å². The van der Waals surface area contributed by atoms with E-state index in [1.165, 1.54) is 7.11 Å². The lowest BCUT2D eigenvalue weighted by molar-refractivity contribution is 0.280. The van der Waals surface area contributed by atoms with Gasteiger partial charge in [-0.2, -0.15) is 0 Å². The topological polar surface area (TPSA) is 41.8 Å². The maximum Gasteiger partial charge on any atom is 0.225 e. The zero-order valence-corrected chi connectivity index (χ0v) is 5.92. The second kappa shape index (κ2) is 5.41. The van der Waals surface area contributed by atoms with Gasteiger partial charge in [-0.25, -0.2) is 0 Å². The zero-order chi connectivity index (χ0) is 7.11. The molecule has 0 aliphatic heterocycles. The van der Waals surface area contributed by atoms with Crippen molar-refractivity contribution in [3.05, 3.63) is 0 Å². The van der Waals surface area contributed by atoms with Crippen molar-refractivity contribution in [3.8, 4) is 0 Å². The van der Waals surface area contributed by atoms with E-state index in [0.29, 0.717) is 5.90 Å². The Kier molecular flexibility index (Phi) is 4.97. The van der Waals surface area contributed by atoms with Crippen LogP contribution in [0.15, 0.2) is 5.16 Å². The molecule has 0 aromatic carbocycles. The summed E-state index contributed by atoms with van der Waals surface area (Å²) in [5.41, 5.74) is 0. The van der Waals surface area contributed by atoms with Crippen molar-refractivity contribution in [3.63, 3.8) is 0 Å². The van der Waals surface area contributed by atoms with E-state index in [4.69, 9.17) is 9.94 Å². The van der Waals surface area contributed by atoms with Gasteiger partial charge in [-0.15, -0.1) is 0 Å². The molecule has 3 heteroatoms. The van der Waals surface area contributed by atoms with Gasteiger partial charge in [0.15, 0.2) is 0 Å². The van der Waals surface area contributed by atoms with E-state index >= 15 is 0 Å². The minimum absolute atomic E-state index is 0.414. The Morgan fingerprint density at radius 3 is 2.67 bits per heavy atom. The summed E-state index contributed by atoms with van der Waals surface area (Å²) in [5, 5.41) is 11.2. The van der Waals surface area contributed by atoms with Crippen LogP contribution in [0.4, 0.5) is 0 Å². The molecule has 0 aliphatic rings. The van der Waals surface area contributed by atoms with E-state index in [2.05, 4.69) is 12.1 Å². The largest absolute Gasteiger partial charge is 0.482 e. The molecule has 9 heavy (non-hydrogen) atoms. The minimum atomic E-state index is 0.414. The van der Waals surface area contributed by atoms with Crippen molar-refractivity contribution in [2.75, 3.05) is 7.11 Å². The summed E-state index contributed by atoms with van der Waals surface area (Å²) in [5.74, 6) is 0.414. The number of methoxy groups -OCH3 is 1. The molecule has 0 atom stereocenters. The van der Waals surface area contributed by atoms with Crippen LogP contribution in [0.3, 0.4) is 0 Å². The van der Waals surface area contributed by atoms with Crippen molar-refractivity contribution in [1.29, 1.82) is 0 Å². The molecule has 0 aliphatic carbocycles. The van der Waals surface area contributed by atoms with Crippen molar-refractivity contribution in [2.24, 2.45) is 5.16 Å². The summed E-state index contributed by atoms with van der Waals surface area (Å²) in [7, 11) is 1.50. The SMILES string of the molecule is CCCCC(=NO)OC. The van der Waals surface area contributed by atoms with E-state index in [1.807, 2.05) is 0 Å². The molecule has 0 amide bonds. The predicted octanol–water partition coefficient (Wildman–Crippen LogP) is 1.61. The number of hydrogen-bond donors (Lipinski definition) is 1. The summed E-state index contributed by atoms with van der Waals surface area (Å²) in [6.07, 6.45) is 2.82. The first kappa shape index (κ1) is 8.27. The number of nitrogens with zero attached hydrogens (tertiary/aromatic N) is 1. The van der Waals surface area contributed by atoms with Crippen LogP contribution in [0.2, 0.25) is 0 Å². The first-order chi connectivity index (χ1) is 4.35. The quantitative estimate of drug-likeness (QED) is 0.273. The molecule has 0 radical (unpaired) electrons. The molecule has 0 fully saturated rings. The van der Waals surface area contributed by atoms with E-state index in [9.17, 15) is 0 Å². The van der Waals surface area contributed by atoms with Gasteiger partial charge in [-0.05, 0) is 6.42 Å². The average molecular weight is 131 g/mol. The lowest BCUT2D eigenvalue weighted by atomic mass is 10.2. The van der Waals surface area contributed by atoms with Crippen molar-refractivity contribution in [1.82, 2.24) is 0 Å². The Bertz CT molecular complexity index is 91.1.